The Bertz CT molecular complexity index is 461. The second-order valence-corrected chi connectivity index (χ2v) is 4.56. The van der Waals surface area contributed by atoms with Gasteiger partial charge in [-0.1, -0.05) is 5.16 Å². The summed E-state index contributed by atoms with van der Waals surface area (Å²) in [4.78, 5) is 24.6. The number of hydrogen-bond donors (Lipinski definition) is 1. The predicted molar refractivity (Wildman–Crippen MR) is 62.1 cm³/mol. The molecule has 1 aromatic rings. The van der Waals surface area contributed by atoms with Gasteiger partial charge in [-0.05, 0) is 26.7 Å². The molecule has 0 bridgehead atoms. The molecule has 1 saturated heterocycles. The number of likely N-dealkylation sites (tertiary alicyclic amines) is 1. The summed E-state index contributed by atoms with van der Waals surface area (Å²) in [6.07, 6.45) is 1.43. The fourth-order valence-electron chi connectivity index (χ4n) is 2.33. The van der Waals surface area contributed by atoms with Crippen LogP contribution >= 0.6 is 0 Å². The first-order valence-corrected chi connectivity index (χ1v) is 5.94. The van der Waals surface area contributed by atoms with E-state index in [1.807, 2.05) is 0 Å². The maximum atomic E-state index is 12.1. The molecule has 0 aromatic carbocycles. The van der Waals surface area contributed by atoms with E-state index in [1.165, 1.54) is 4.90 Å². The summed E-state index contributed by atoms with van der Waals surface area (Å²) in [6, 6.07) is -0.682. The van der Waals surface area contributed by atoms with Crippen molar-refractivity contribution in [1.82, 2.24) is 10.1 Å². The van der Waals surface area contributed by atoms with E-state index in [1.54, 1.807) is 13.8 Å². The van der Waals surface area contributed by atoms with Crippen molar-refractivity contribution in [1.29, 1.82) is 0 Å². The molecule has 1 fully saturated rings. The Labute approximate surface area is 105 Å². The highest BCUT2D eigenvalue weighted by atomic mass is 16.5. The Balaban J connectivity index is 2.11. The molecular formula is C12H16N2O4. The monoisotopic (exact) mass is 252 g/mol. The third kappa shape index (κ3) is 2.23. The van der Waals surface area contributed by atoms with Crippen LogP contribution in [0.4, 0.5) is 0 Å². The number of carbonyl (C=O) groups excluding carboxylic acids is 1. The lowest BCUT2D eigenvalue weighted by Crippen LogP contribution is -2.41. The molecule has 0 unspecified atom stereocenters. The smallest absolute Gasteiger partial charge is 0.326 e. The van der Waals surface area contributed by atoms with Gasteiger partial charge in [0.05, 0.1) is 12.1 Å². The van der Waals surface area contributed by atoms with Crippen molar-refractivity contribution in [2.45, 2.75) is 39.2 Å². The first-order valence-electron chi connectivity index (χ1n) is 5.94. The molecule has 2 rings (SSSR count). The van der Waals surface area contributed by atoms with Gasteiger partial charge >= 0.3 is 5.97 Å². The minimum absolute atomic E-state index is 0.158. The van der Waals surface area contributed by atoms with Crippen molar-refractivity contribution in [3.8, 4) is 0 Å². The van der Waals surface area contributed by atoms with Crippen molar-refractivity contribution in [3.05, 3.63) is 17.0 Å². The van der Waals surface area contributed by atoms with Crippen molar-refractivity contribution in [2.24, 2.45) is 0 Å². The van der Waals surface area contributed by atoms with E-state index in [4.69, 9.17) is 9.63 Å². The van der Waals surface area contributed by atoms with E-state index in [0.717, 1.165) is 12.0 Å². The number of aliphatic carboxylic acids is 1. The van der Waals surface area contributed by atoms with E-state index >= 15 is 0 Å². The molecule has 0 spiro atoms. The van der Waals surface area contributed by atoms with Crippen LogP contribution < -0.4 is 0 Å². The fourth-order valence-corrected chi connectivity index (χ4v) is 2.33. The number of rotatable bonds is 3. The first kappa shape index (κ1) is 12.6. The molecule has 0 aliphatic carbocycles. The first-order chi connectivity index (χ1) is 8.50. The molecule has 1 amide bonds. The average Bonchev–Trinajstić information content (AvgIpc) is 2.90. The third-order valence-electron chi connectivity index (χ3n) is 3.37. The van der Waals surface area contributed by atoms with Gasteiger partial charge in [0.25, 0.3) is 0 Å². The van der Waals surface area contributed by atoms with Crippen LogP contribution in [0, 0.1) is 13.8 Å². The number of aromatic nitrogens is 1. The Kier molecular flexibility index (Phi) is 3.36. The van der Waals surface area contributed by atoms with Crippen LogP contribution in [0.15, 0.2) is 4.52 Å². The zero-order valence-corrected chi connectivity index (χ0v) is 10.5. The van der Waals surface area contributed by atoms with E-state index in [9.17, 15) is 9.59 Å². The van der Waals surface area contributed by atoms with Crippen LogP contribution in [-0.4, -0.2) is 39.6 Å². The Morgan fingerprint density at radius 1 is 1.50 bits per heavy atom. The van der Waals surface area contributed by atoms with E-state index in [2.05, 4.69) is 5.16 Å². The number of carboxylic acid groups (broad SMARTS) is 1. The SMILES string of the molecule is Cc1noc(C)c1CC(=O)N1CCC[C@@H]1C(=O)O. The standard InChI is InChI=1S/C12H16N2O4/c1-7-9(8(2)18-13-7)6-11(15)14-5-3-4-10(14)12(16)17/h10H,3-6H2,1-2H3,(H,16,17)/t10-/m1/s1. The number of carbonyl (C=O) groups is 2. The summed E-state index contributed by atoms with van der Waals surface area (Å²) in [5, 5.41) is 12.8. The van der Waals surface area contributed by atoms with Crippen LogP contribution in [0.1, 0.15) is 29.9 Å². The van der Waals surface area contributed by atoms with Gasteiger partial charge in [-0.3, -0.25) is 4.79 Å². The highest BCUT2D eigenvalue weighted by Gasteiger charge is 2.34. The van der Waals surface area contributed by atoms with Crippen molar-refractivity contribution >= 4 is 11.9 Å². The summed E-state index contributed by atoms with van der Waals surface area (Å²) in [5.41, 5.74) is 1.45. The summed E-state index contributed by atoms with van der Waals surface area (Å²) < 4.78 is 5.00. The third-order valence-corrected chi connectivity index (χ3v) is 3.37. The lowest BCUT2D eigenvalue weighted by molar-refractivity contribution is -0.148. The zero-order valence-electron chi connectivity index (χ0n) is 10.5. The predicted octanol–water partition coefficient (Wildman–Crippen LogP) is 0.910. The Morgan fingerprint density at radius 3 is 2.78 bits per heavy atom. The molecule has 1 aliphatic rings. The van der Waals surface area contributed by atoms with Gasteiger partial charge in [0.2, 0.25) is 5.91 Å². The van der Waals surface area contributed by atoms with Crippen LogP contribution in [-0.2, 0) is 16.0 Å². The Morgan fingerprint density at radius 2 is 2.22 bits per heavy atom. The molecule has 1 atom stereocenters. The maximum Gasteiger partial charge on any atom is 0.326 e. The molecule has 98 valence electrons. The minimum Gasteiger partial charge on any atom is -0.480 e. The van der Waals surface area contributed by atoms with Gasteiger partial charge in [0.15, 0.2) is 0 Å². The fraction of sp³-hybridized carbons (Fsp3) is 0.583. The number of amides is 1. The molecule has 0 saturated carbocycles. The largest absolute Gasteiger partial charge is 0.480 e. The average molecular weight is 252 g/mol. The lowest BCUT2D eigenvalue weighted by atomic mass is 10.1. The summed E-state index contributed by atoms with van der Waals surface area (Å²) in [6.45, 7) is 4.04. The number of nitrogens with zero attached hydrogens (tertiary/aromatic N) is 2. The van der Waals surface area contributed by atoms with E-state index < -0.39 is 12.0 Å². The van der Waals surface area contributed by atoms with Crippen LogP contribution in [0.5, 0.6) is 0 Å². The Hall–Kier alpha value is -1.85. The van der Waals surface area contributed by atoms with Gasteiger partial charge in [0, 0.05) is 12.1 Å². The second kappa shape index (κ2) is 4.80. The van der Waals surface area contributed by atoms with Crippen LogP contribution in [0.2, 0.25) is 0 Å². The summed E-state index contributed by atoms with van der Waals surface area (Å²) >= 11 is 0. The molecule has 1 N–H and O–H groups in total. The van der Waals surface area contributed by atoms with E-state index in [0.29, 0.717) is 24.4 Å². The maximum absolute atomic E-state index is 12.1. The molecule has 0 radical (unpaired) electrons. The second-order valence-electron chi connectivity index (χ2n) is 4.56. The topological polar surface area (TPSA) is 83.6 Å². The van der Waals surface area contributed by atoms with Gasteiger partial charge in [0.1, 0.15) is 11.8 Å². The minimum atomic E-state index is -0.931. The van der Waals surface area contributed by atoms with E-state index in [-0.39, 0.29) is 12.3 Å². The highest BCUT2D eigenvalue weighted by Crippen LogP contribution is 2.20. The molecule has 18 heavy (non-hydrogen) atoms. The normalized spacial score (nSPS) is 19.2. The zero-order chi connectivity index (χ0) is 13.3. The molecule has 1 aliphatic heterocycles. The number of hydrogen-bond acceptors (Lipinski definition) is 4. The van der Waals surface area contributed by atoms with Gasteiger partial charge in [-0.25, -0.2) is 4.79 Å². The molecular weight excluding hydrogens is 236 g/mol. The lowest BCUT2D eigenvalue weighted by Gasteiger charge is -2.21. The molecule has 6 nitrogen and oxygen atoms in total. The van der Waals surface area contributed by atoms with Crippen molar-refractivity contribution < 1.29 is 19.2 Å². The number of carboxylic acids is 1. The quantitative estimate of drug-likeness (QED) is 0.864. The van der Waals surface area contributed by atoms with Crippen molar-refractivity contribution in [2.75, 3.05) is 6.54 Å². The van der Waals surface area contributed by atoms with Gasteiger partial charge in [-0.2, -0.15) is 0 Å². The van der Waals surface area contributed by atoms with Gasteiger partial charge in [-0.15, -0.1) is 0 Å². The summed E-state index contributed by atoms with van der Waals surface area (Å²) in [5.74, 6) is -0.485. The molecule has 6 heteroatoms. The summed E-state index contributed by atoms with van der Waals surface area (Å²) in [7, 11) is 0. The van der Waals surface area contributed by atoms with Gasteiger partial charge < -0.3 is 14.5 Å². The van der Waals surface area contributed by atoms with Crippen molar-refractivity contribution in [3.63, 3.8) is 0 Å². The van der Waals surface area contributed by atoms with Crippen LogP contribution in [0.25, 0.3) is 0 Å². The molecule has 1 aromatic heterocycles. The highest BCUT2D eigenvalue weighted by molar-refractivity contribution is 5.85. The molecule has 2 heterocycles. The van der Waals surface area contributed by atoms with Crippen LogP contribution in [0.3, 0.4) is 0 Å². The number of aryl methyl sites for hydroxylation is 2.